The van der Waals surface area contributed by atoms with Crippen LogP contribution < -0.4 is 5.73 Å². The molecule has 2 N–H and O–H groups in total. The second-order valence-corrected chi connectivity index (χ2v) is 6.29. The summed E-state index contributed by atoms with van der Waals surface area (Å²) in [6.07, 6.45) is 0. The topological polar surface area (TPSA) is 64.9 Å². The summed E-state index contributed by atoms with van der Waals surface area (Å²) in [6.45, 7) is 2.00. The first-order valence-electron chi connectivity index (χ1n) is 6.08. The monoisotopic (exact) mass is 303 g/mol. The minimum atomic E-state index is 0.632. The van der Waals surface area contributed by atoms with Gasteiger partial charge >= 0.3 is 0 Å². The normalized spacial score (nSPS) is 10.8. The van der Waals surface area contributed by atoms with Crippen molar-refractivity contribution in [2.45, 2.75) is 17.6 Å². The molecule has 102 valence electrons. The predicted octanol–water partition coefficient (Wildman–Crippen LogP) is 3.98. The quantitative estimate of drug-likeness (QED) is 0.583. The molecule has 3 rings (SSSR count). The van der Waals surface area contributed by atoms with Gasteiger partial charge in [0.05, 0.1) is 10.6 Å². The highest BCUT2D eigenvalue weighted by Crippen LogP contribution is 2.27. The molecule has 0 aliphatic carbocycles. The minimum absolute atomic E-state index is 0.632. The Morgan fingerprint density at radius 2 is 2.25 bits per heavy atom. The maximum Gasteiger partial charge on any atom is 0.237 e. The van der Waals surface area contributed by atoms with Crippen molar-refractivity contribution in [3.63, 3.8) is 0 Å². The van der Waals surface area contributed by atoms with Crippen LogP contribution >= 0.6 is 23.1 Å². The number of thiophene rings is 1. The van der Waals surface area contributed by atoms with Crippen molar-refractivity contribution >= 4 is 28.8 Å². The molecule has 0 radical (unpaired) electrons. The van der Waals surface area contributed by atoms with Crippen LogP contribution in [0.4, 0.5) is 5.69 Å². The molecule has 0 bridgehead atoms. The number of nitrogen functional groups attached to an aromatic ring is 1. The summed E-state index contributed by atoms with van der Waals surface area (Å²) < 4.78 is 5.26. The number of aryl methyl sites for hydroxylation is 1. The van der Waals surface area contributed by atoms with Crippen LogP contribution in [0.5, 0.6) is 0 Å². The van der Waals surface area contributed by atoms with Crippen LogP contribution in [0.1, 0.15) is 11.5 Å². The lowest BCUT2D eigenvalue weighted by Crippen LogP contribution is -1.89. The molecule has 0 amide bonds. The number of rotatable bonds is 4. The maximum atomic E-state index is 5.80. The van der Waals surface area contributed by atoms with Gasteiger partial charge in [0.25, 0.3) is 0 Å². The van der Waals surface area contributed by atoms with Crippen LogP contribution in [0.3, 0.4) is 0 Å². The molecule has 0 aliphatic heterocycles. The highest BCUT2D eigenvalue weighted by molar-refractivity contribution is 7.98. The average Bonchev–Trinajstić information content (AvgIpc) is 3.09. The molecule has 3 aromatic rings. The van der Waals surface area contributed by atoms with Crippen LogP contribution in [0.15, 0.2) is 45.1 Å². The number of nitrogens with zero attached hydrogens (tertiary/aromatic N) is 2. The maximum absolute atomic E-state index is 5.80. The van der Waals surface area contributed by atoms with E-state index in [1.807, 2.05) is 36.6 Å². The van der Waals surface area contributed by atoms with Gasteiger partial charge in [0.1, 0.15) is 0 Å². The van der Waals surface area contributed by atoms with Crippen molar-refractivity contribution < 1.29 is 4.52 Å². The number of nitrogens with two attached hydrogens (primary N) is 1. The van der Waals surface area contributed by atoms with Gasteiger partial charge in [-0.25, -0.2) is 0 Å². The summed E-state index contributed by atoms with van der Waals surface area (Å²) in [5.74, 6) is 1.94. The van der Waals surface area contributed by atoms with Gasteiger partial charge in [-0.1, -0.05) is 11.2 Å². The minimum Gasteiger partial charge on any atom is -0.399 e. The van der Waals surface area contributed by atoms with Crippen LogP contribution in [0.2, 0.25) is 0 Å². The second-order valence-electron chi connectivity index (χ2n) is 4.30. The summed E-state index contributed by atoms with van der Waals surface area (Å²) in [5.41, 5.74) is 7.70. The van der Waals surface area contributed by atoms with Crippen molar-refractivity contribution in [3.8, 4) is 10.7 Å². The first-order chi connectivity index (χ1) is 9.72. The van der Waals surface area contributed by atoms with E-state index in [2.05, 4.69) is 16.2 Å². The van der Waals surface area contributed by atoms with Gasteiger partial charge in [0.2, 0.25) is 11.7 Å². The summed E-state index contributed by atoms with van der Waals surface area (Å²) in [5, 5.41) is 5.99. The molecule has 0 saturated carbocycles. The van der Waals surface area contributed by atoms with E-state index in [1.54, 1.807) is 23.1 Å². The first-order valence-corrected chi connectivity index (χ1v) is 7.94. The Labute approximate surface area is 125 Å². The zero-order valence-electron chi connectivity index (χ0n) is 10.9. The Bertz CT molecular complexity index is 707. The Morgan fingerprint density at radius 1 is 1.35 bits per heavy atom. The molecule has 1 aromatic carbocycles. The van der Waals surface area contributed by atoms with Crippen LogP contribution in [0, 0.1) is 6.92 Å². The fraction of sp³-hybridized carbons (Fsp3) is 0.143. The zero-order chi connectivity index (χ0) is 13.9. The fourth-order valence-electron chi connectivity index (χ4n) is 1.70. The van der Waals surface area contributed by atoms with E-state index in [4.69, 9.17) is 10.3 Å². The summed E-state index contributed by atoms with van der Waals surface area (Å²) >= 11 is 3.26. The van der Waals surface area contributed by atoms with Gasteiger partial charge in [-0.15, -0.1) is 23.1 Å². The van der Waals surface area contributed by atoms with E-state index in [1.165, 1.54) is 0 Å². The molecule has 0 aliphatic rings. The summed E-state index contributed by atoms with van der Waals surface area (Å²) in [4.78, 5) is 6.56. The van der Waals surface area contributed by atoms with E-state index in [0.717, 1.165) is 21.0 Å². The average molecular weight is 303 g/mol. The largest absolute Gasteiger partial charge is 0.399 e. The lowest BCUT2D eigenvalue weighted by atomic mass is 10.2. The number of hydrogen-bond donors (Lipinski definition) is 1. The van der Waals surface area contributed by atoms with Crippen molar-refractivity contribution in [2.24, 2.45) is 0 Å². The molecule has 2 aromatic heterocycles. The third kappa shape index (κ3) is 2.86. The van der Waals surface area contributed by atoms with Crippen molar-refractivity contribution in [1.82, 2.24) is 10.1 Å². The fourth-order valence-corrected chi connectivity index (χ4v) is 3.18. The molecule has 0 saturated heterocycles. The van der Waals surface area contributed by atoms with Gasteiger partial charge in [0.15, 0.2) is 0 Å². The smallest absolute Gasteiger partial charge is 0.237 e. The lowest BCUT2D eigenvalue weighted by Gasteiger charge is -2.02. The Balaban J connectivity index is 1.68. The number of anilines is 1. The molecule has 0 unspecified atom stereocenters. The third-order valence-corrected chi connectivity index (χ3v) is 4.66. The second kappa shape index (κ2) is 5.68. The van der Waals surface area contributed by atoms with E-state index in [9.17, 15) is 0 Å². The van der Waals surface area contributed by atoms with Crippen LogP contribution in [-0.4, -0.2) is 10.1 Å². The van der Waals surface area contributed by atoms with Crippen molar-refractivity contribution in [1.29, 1.82) is 0 Å². The Kier molecular flexibility index (Phi) is 3.75. The van der Waals surface area contributed by atoms with E-state index >= 15 is 0 Å². The molecular weight excluding hydrogens is 290 g/mol. The molecule has 0 fully saturated rings. The molecule has 6 heteroatoms. The van der Waals surface area contributed by atoms with Gasteiger partial charge in [-0.05, 0) is 42.1 Å². The number of benzene rings is 1. The molecular formula is C14H13N3OS2. The Hall–Kier alpha value is -1.79. The van der Waals surface area contributed by atoms with Gasteiger partial charge in [0, 0.05) is 10.6 Å². The summed E-state index contributed by atoms with van der Waals surface area (Å²) in [6, 6.07) is 9.94. The van der Waals surface area contributed by atoms with Crippen LogP contribution in [-0.2, 0) is 5.75 Å². The SMILES string of the molecule is Cc1cc(SCc2nc(-c3cccs3)no2)ccc1N. The first kappa shape index (κ1) is 13.2. The van der Waals surface area contributed by atoms with Crippen molar-refractivity contribution in [3.05, 3.63) is 47.2 Å². The lowest BCUT2D eigenvalue weighted by molar-refractivity contribution is 0.392. The molecule has 0 spiro atoms. The van der Waals surface area contributed by atoms with Gasteiger partial charge < -0.3 is 10.3 Å². The highest BCUT2D eigenvalue weighted by Gasteiger charge is 2.09. The predicted molar refractivity (Wildman–Crippen MR) is 82.8 cm³/mol. The molecule has 2 heterocycles. The van der Waals surface area contributed by atoms with Gasteiger partial charge in [-0.2, -0.15) is 4.98 Å². The molecule has 0 atom stereocenters. The molecule has 4 nitrogen and oxygen atoms in total. The zero-order valence-corrected chi connectivity index (χ0v) is 12.5. The van der Waals surface area contributed by atoms with Gasteiger partial charge in [-0.3, -0.25) is 0 Å². The van der Waals surface area contributed by atoms with E-state index in [-0.39, 0.29) is 0 Å². The van der Waals surface area contributed by atoms with Crippen LogP contribution in [0.25, 0.3) is 10.7 Å². The third-order valence-electron chi connectivity index (χ3n) is 2.81. The van der Waals surface area contributed by atoms with Crippen molar-refractivity contribution in [2.75, 3.05) is 5.73 Å². The number of aromatic nitrogens is 2. The Morgan fingerprint density at radius 3 is 3.00 bits per heavy atom. The number of thioether (sulfide) groups is 1. The number of hydrogen-bond acceptors (Lipinski definition) is 6. The standard InChI is InChI=1S/C14H13N3OS2/c1-9-7-10(4-5-11(9)15)20-8-13-16-14(17-18-13)12-3-2-6-19-12/h2-7H,8,15H2,1H3. The highest BCUT2D eigenvalue weighted by atomic mass is 32.2. The molecule has 20 heavy (non-hydrogen) atoms. The van der Waals surface area contributed by atoms with E-state index in [0.29, 0.717) is 17.5 Å². The van der Waals surface area contributed by atoms with E-state index < -0.39 is 0 Å². The summed E-state index contributed by atoms with van der Waals surface area (Å²) in [7, 11) is 0.